The van der Waals surface area contributed by atoms with E-state index >= 15 is 0 Å². The molecule has 72 valence electrons. The van der Waals surface area contributed by atoms with Crippen LogP contribution >= 0.6 is 27.3 Å². The fourth-order valence-electron chi connectivity index (χ4n) is 1.01. The largest absolute Gasteiger partial charge is 0.477 e. The fourth-order valence-corrected chi connectivity index (χ4v) is 2.38. The van der Waals surface area contributed by atoms with Crippen LogP contribution in [-0.2, 0) is 0 Å². The molecule has 0 aliphatic heterocycles. The predicted octanol–water partition coefficient (Wildman–Crippen LogP) is 2.86. The fraction of sp³-hybridized carbons (Fsp3) is 0. The van der Waals surface area contributed by atoms with E-state index in [1.54, 1.807) is 6.07 Å². The minimum absolute atomic E-state index is 0.0827. The summed E-state index contributed by atoms with van der Waals surface area (Å²) in [5.41, 5.74) is 0.0827. The Morgan fingerprint density at radius 3 is 2.93 bits per heavy atom. The van der Waals surface area contributed by atoms with E-state index in [0.29, 0.717) is 5.76 Å². The summed E-state index contributed by atoms with van der Waals surface area (Å²) in [6, 6.07) is 3.61. The van der Waals surface area contributed by atoms with Gasteiger partial charge in [0.25, 0.3) is 0 Å². The highest BCUT2D eigenvalue weighted by Crippen LogP contribution is 2.33. The maximum absolute atomic E-state index is 10.8. The van der Waals surface area contributed by atoms with E-state index in [0.717, 1.165) is 8.66 Å². The molecular formula is C8H4BrNO3S. The molecule has 0 spiro atoms. The number of thiophene rings is 1. The van der Waals surface area contributed by atoms with Gasteiger partial charge < -0.3 is 9.63 Å². The second-order valence-electron chi connectivity index (χ2n) is 2.48. The summed E-state index contributed by atoms with van der Waals surface area (Å²) >= 11 is 4.68. The SMILES string of the molecule is O=C(O)c1cnoc1-c1ccc(Br)s1. The highest BCUT2D eigenvalue weighted by molar-refractivity contribution is 9.11. The Balaban J connectivity index is 2.51. The van der Waals surface area contributed by atoms with Gasteiger partial charge in [0.15, 0.2) is 5.76 Å². The van der Waals surface area contributed by atoms with Crippen LogP contribution in [0.25, 0.3) is 10.6 Å². The Morgan fingerprint density at radius 1 is 1.57 bits per heavy atom. The van der Waals surface area contributed by atoms with Crippen molar-refractivity contribution >= 4 is 33.2 Å². The summed E-state index contributed by atoms with van der Waals surface area (Å²) < 4.78 is 5.80. The second kappa shape index (κ2) is 3.55. The van der Waals surface area contributed by atoms with Crippen molar-refractivity contribution in [3.8, 4) is 10.6 Å². The zero-order valence-corrected chi connectivity index (χ0v) is 9.13. The lowest BCUT2D eigenvalue weighted by molar-refractivity contribution is 0.0697. The topological polar surface area (TPSA) is 63.3 Å². The molecule has 2 aromatic rings. The molecule has 0 saturated heterocycles. The zero-order valence-electron chi connectivity index (χ0n) is 6.73. The lowest BCUT2D eigenvalue weighted by Gasteiger charge is -1.90. The van der Waals surface area contributed by atoms with Crippen LogP contribution in [0, 0.1) is 0 Å². The van der Waals surface area contributed by atoms with Crippen molar-refractivity contribution in [2.75, 3.05) is 0 Å². The average Bonchev–Trinajstić information content (AvgIpc) is 2.70. The van der Waals surface area contributed by atoms with Gasteiger partial charge in [0.05, 0.1) is 14.9 Å². The van der Waals surface area contributed by atoms with Gasteiger partial charge in [-0.3, -0.25) is 0 Å². The number of nitrogens with zero attached hydrogens (tertiary/aromatic N) is 1. The van der Waals surface area contributed by atoms with Crippen LogP contribution in [0.2, 0.25) is 0 Å². The van der Waals surface area contributed by atoms with Crippen LogP contribution in [0.3, 0.4) is 0 Å². The zero-order chi connectivity index (χ0) is 10.1. The third-order valence-electron chi connectivity index (χ3n) is 1.60. The van der Waals surface area contributed by atoms with Gasteiger partial charge >= 0.3 is 5.97 Å². The highest BCUT2D eigenvalue weighted by atomic mass is 79.9. The summed E-state index contributed by atoms with van der Waals surface area (Å²) in [4.78, 5) is 11.5. The second-order valence-corrected chi connectivity index (χ2v) is 4.94. The molecule has 2 heterocycles. The van der Waals surface area contributed by atoms with E-state index in [2.05, 4.69) is 21.1 Å². The normalized spacial score (nSPS) is 10.4. The third kappa shape index (κ3) is 1.58. The molecule has 6 heteroatoms. The van der Waals surface area contributed by atoms with Gasteiger partial charge in [-0.1, -0.05) is 5.16 Å². The number of carbonyl (C=O) groups is 1. The van der Waals surface area contributed by atoms with Crippen LogP contribution in [0.1, 0.15) is 10.4 Å². The van der Waals surface area contributed by atoms with Crippen LogP contribution in [0.4, 0.5) is 0 Å². The molecule has 0 saturated carbocycles. The lowest BCUT2D eigenvalue weighted by atomic mass is 10.2. The van der Waals surface area contributed by atoms with E-state index in [4.69, 9.17) is 9.63 Å². The molecule has 0 aliphatic carbocycles. The maximum Gasteiger partial charge on any atom is 0.341 e. The van der Waals surface area contributed by atoms with E-state index in [-0.39, 0.29) is 5.56 Å². The number of carboxylic acids is 1. The Hall–Kier alpha value is -1.14. The molecular weight excluding hydrogens is 270 g/mol. The first-order chi connectivity index (χ1) is 6.68. The molecule has 0 bridgehead atoms. The van der Waals surface area contributed by atoms with Crippen molar-refractivity contribution in [2.45, 2.75) is 0 Å². The Bertz CT molecular complexity index is 476. The molecule has 2 aromatic heterocycles. The van der Waals surface area contributed by atoms with Crippen molar-refractivity contribution in [1.29, 1.82) is 0 Å². The molecule has 0 fully saturated rings. The van der Waals surface area contributed by atoms with Crippen molar-refractivity contribution < 1.29 is 14.4 Å². The molecule has 1 N–H and O–H groups in total. The minimum atomic E-state index is -1.04. The van der Waals surface area contributed by atoms with Crippen molar-refractivity contribution in [2.24, 2.45) is 0 Å². The van der Waals surface area contributed by atoms with Crippen LogP contribution in [0.5, 0.6) is 0 Å². The monoisotopic (exact) mass is 273 g/mol. The van der Waals surface area contributed by atoms with Crippen LogP contribution in [-0.4, -0.2) is 16.2 Å². The van der Waals surface area contributed by atoms with Crippen molar-refractivity contribution in [3.05, 3.63) is 27.7 Å². The molecule has 4 nitrogen and oxygen atoms in total. The number of hydrogen-bond donors (Lipinski definition) is 1. The van der Waals surface area contributed by atoms with E-state index in [1.165, 1.54) is 17.5 Å². The molecule has 14 heavy (non-hydrogen) atoms. The van der Waals surface area contributed by atoms with Crippen molar-refractivity contribution in [1.82, 2.24) is 5.16 Å². The van der Waals surface area contributed by atoms with Gasteiger partial charge in [0.1, 0.15) is 5.56 Å². The summed E-state index contributed by atoms with van der Waals surface area (Å²) in [7, 11) is 0. The Morgan fingerprint density at radius 2 is 2.36 bits per heavy atom. The third-order valence-corrected chi connectivity index (χ3v) is 3.22. The van der Waals surface area contributed by atoms with Crippen molar-refractivity contribution in [3.63, 3.8) is 0 Å². The smallest absolute Gasteiger partial charge is 0.341 e. The first kappa shape index (κ1) is 9.42. The molecule has 0 aliphatic rings. The summed E-state index contributed by atoms with van der Waals surface area (Å²) in [5.74, 6) is -0.737. The van der Waals surface area contributed by atoms with E-state index in [1.807, 2.05) is 6.07 Å². The van der Waals surface area contributed by atoms with Gasteiger partial charge in [0, 0.05) is 0 Å². The molecule has 2 rings (SSSR count). The minimum Gasteiger partial charge on any atom is -0.477 e. The molecule has 0 radical (unpaired) electrons. The van der Waals surface area contributed by atoms with E-state index in [9.17, 15) is 4.79 Å². The standard InChI is InChI=1S/C8H4BrNO3S/c9-6-2-1-5(14-6)7-4(8(11)12)3-10-13-7/h1-3H,(H,11,12). The Kier molecular flexibility index (Phi) is 2.39. The van der Waals surface area contributed by atoms with E-state index < -0.39 is 5.97 Å². The number of aromatic carboxylic acids is 1. The first-order valence-corrected chi connectivity index (χ1v) is 5.23. The number of carboxylic acid groups (broad SMARTS) is 1. The van der Waals surface area contributed by atoms with Gasteiger partial charge in [-0.05, 0) is 28.1 Å². The maximum atomic E-state index is 10.8. The van der Waals surface area contributed by atoms with Gasteiger partial charge in [0.2, 0.25) is 0 Å². The summed E-state index contributed by atoms with van der Waals surface area (Å²) in [5, 5.41) is 12.3. The predicted molar refractivity (Wildman–Crippen MR) is 54.5 cm³/mol. The first-order valence-electron chi connectivity index (χ1n) is 3.62. The molecule has 0 aromatic carbocycles. The average molecular weight is 274 g/mol. The molecule has 0 unspecified atom stereocenters. The highest BCUT2D eigenvalue weighted by Gasteiger charge is 2.17. The summed E-state index contributed by atoms with van der Waals surface area (Å²) in [6.45, 7) is 0. The number of halogens is 1. The Labute approximate surface area is 91.3 Å². The number of hydrogen-bond acceptors (Lipinski definition) is 4. The van der Waals surface area contributed by atoms with Gasteiger partial charge in [-0.25, -0.2) is 4.79 Å². The van der Waals surface area contributed by atoms with Gasteiger partial charge in [-0.15, -0.1) is 11.3 Å². The molecule has 0 amide bonds. The quantitative estimate of drug-likeness (QED) is 0.914. The lowest BCUT2D eigenvalue weighted by Crippen LogP contribution is -1.94. The van der Waals surface area contributed by atoms with Crippen LogP contribution < -0.4 is 0 Å². The summed E-state index contributed by atoms with van der Waals surface area (Å²) in [6.07, 6.45) is 1.20. The molecule has 0 atom stereocenters. The number of aromatic nitrogens is 1. The van der Waals surface area contributed by atoms with Gasteiger partial charge in [-0.2, -0.15) is 0 Å². The van der Waals surface area contributed by atoms with Crippen LogP contribution in [0.15, 0.2) is 26.6 Å². The number of rotatable bonds is 2.